The summed E-state index contributed by atoms with van der Waals surface area (Å²) in [5.41, 5.74) is 7.66. The second-order valence-corrected chi connectivity index (χ2v) is 5.66. The van der Waals surface area contributed by atoms with E-state index < -0.39 is 0 Å². The number of benzene rings is 1. The van der Waals surface area contributed by atoms with Gasteiger partial charge in [-0.25, -0.2) is 4.79 Å². The molecule has 4 nitrogen and oxygen atoms in total. The number of hydrogen-bond donors (Lipinski definition) is 1. The van der Waals surface area contributed by atoms with Crippen LogP contribution in [0.15, 0.2) is 24.3 Å². The summed E-state index contributed by atoms with van der Waals surface area (Å²) in [5, 5.41) is 0. The average molecular weight is 275 g/mol. The van der Waals surface area contributed by atoms with Crippen LogP contribution in [-0.2, 0) is 6.54 Å². The number of piperidine rings is 1. The molecule has 2 amide bonds. The van der Waals surface area contributed by atoms with Crippen molar-refractivity contribution in [2.24, 2.45) is 5.73 Å². The van der Waals surface area contributed by atoms with Gasteiger partial charge < -0.3 is 10.6 Å². The number of anilines is 1. The standard InChI is InChI=1S/C16H25N3O/c1-13(2)19(15-8-6-14(12-17)7-9-15)16(20)18-10-4-3-5-11-18/h6-9,13H,3-5,10-12,17H2,1-2H3. The monoisotopic (exact) mass is 275 g/mol. The maximum Gasteiger partial charge on any atom is 0.324 e. The summed E-state index contributed by atoms with van der Waals surface area (Å²) in [6.07, 6.45) is 3.46. The lowest BCUT2D eigenvalue weighted by molar-refractivity contribution is 0.191. The number of hydrogen-bond acceptors (Lipinski definition) is 2. The lowest BCUT2D eigenvalue weighted by atomic mass is 10.1. The average Bonchev–Trinajstić information content (AvgIpc) is 2.48. The van der Waals surface area contributed by atoms with Gasteiger partial charge in [0.25, 0.3) is 0 Å². The predicted molar refractivity (Wildman–Crippen MR) is 82.8 cm³/mol. The summed E-state index contributed by atoms with van der Waals surface area (Å²) < 4.78 is 0. The second-order valence-electron chi connectivity index (χ2n) is 5.66. The first-order valence-corrected chi connectivity index (χ1v) is 7.50. The zero-order chi connectivity index (χ0) is 14.5. The maximum atomic E-state index is 12.7. The molecule has 0 atom stereocenters. The van der Waals surface area contributed by atoms with E-state index in [-0.39, 0.29) is 12.1 Å². The van der Waals surface area contributed by atoms with Gasteiger partial charge in [-0.3, -0.25) is 4.90 Å². The lowest BCUT2D eigenvalue weighted by Gasteiger charge is -2.35. The van der Waals surface area contributed by atoms with Crippen molar-refractivity contribution in [1.82, 2.24) is 4.90 Å². The van der Waals surface area contributed by atoms with Crippen LogP contribution in [0, 0.1) is 0 Å². The molecule has 1 fully saturated rings. The van der Waals surface area contributed by atoms with Crippen LogP contribution in [-0.4, -0.2) is 30.1 Å². The van der Waals surface area contributed by atoms with Crippen LogP contribution in [0.25, 0.3) is 0 Å². The van der Waals surface area contributed by atoms with Crippen LogP contribution in [0.1, 0.15) is 38.7 Å². The summed E-state index contributed by atoms with van der Waals surface area (Å²) in [4.78, 5) is 16.6. The van der Waals surface area contributed by atoms with Crippen LogP contribution in [0.4, 0.5) is 10.5 Å². The van der Waals surface area contributed by atoms with Crippen LogP contribution in [0.5, 0.6) is 0 Å². The maximum absolute atomic E-state index is 12.7. The molecule has 0 radical (unpaired) electrons. The van der Waals surface area contributed by atoms with E-state index in [0.717, 1.165) is 37.2 Å². The summed E-state index contributed by atoms with van der Waals surface area (Å²) in [5.74, 6) is 0. The topological polar surface area (TPSA) is 49.6 Å². The number of amides is 2. The van der Waals surface area contributed by atoms with Gasteiger partial charge in [0.05, 0.1) is 0 Å². The molecule has 1 heterocycles. The van der Waals surface area contributed by atoms with Crippen LogP contribution >= 0.6 is 0 Å². The van der Waals surface area contributed by atoms with Gasteiger partial charge in [-0.2, -0.15) is 0 Å². The van der Waals surface area contributed by atoms with E-state index in [4.69, 9.17) is 5.73 Å². The molecule has 0 aliphatic carbocycles. The molecule has 0 bridgehead atoms. The van der Waals surface area contributed by atoms with Gasteiger partial charge in [0.15, 0.2) is 0 Å². The molecule has 2 rings (SSSR count). The van der Waals surface area contributed by atoms with E-state index in [1.165, 1.54) is 6.42 Å². The van der Waals surface area contributed by atoms with Crippen molar-refractivity contribution in [3.05, 3.63) is 29.8 Å². The third-order valence-electron chi connectivity index (χ3n) is 3.80. The summed E-state index contributed by atoms with van der Waals surface area (Å²) in [7, 11) is 0. The number of nitrogens with two attached hydrogens (primary N) is 1. The number of rotatable bonds is 3. The van der Waals surface area contributed by atoms with Crippen LogP contribution < -0.4 is 10.6 Å². The molecule has 20 heavy (non-hydrogen) atoms. The molecular formula is C16H25N3O. The molecule has 1 aromatic carbocycles. The van der Waals surface area contributed by atoms with Crippen molar-refractivity contribution in [3.8, 4) is 0 Å². The zero-order valence-electron chi connectivity index (χ0n) is 12.5. The Kier molecular flexibility index (Phi) is 5.01. The SMILES string of the molecule is CC(C)N(C(=O)N1CCCCC1)c1ccc(CN)cc1. The Labute approximate surface area is 121 Å². The number of nitrogens with zero attached hydrogens (tertiary/aromatic N) is 2. The molecule has 0 spiro atoms. The van der Waals surface area contributed by atoms with E-state index in [0.29, 0.717) is 6.54 Å². The van der Waals surface area contributed by atoms with E-state index in [1.807, 2.05) is 34.1 Å². The molecule has 1 aromatic rings. The normalized spacial score (nSPS) is 15.5. The Balaban J connectivity index is 2.18. The first-order chi connectivity index (χ1) is 9.63. The van der Waals surface area contributed by atoms with Crippen molar-refractivity contribution < 1.29 is 4.79 Å². The zero-order valence-corrected chi connectivity index (χ0v) is 12.5. The minimum absolute atomic E-state index is 0.125. The predicted octanol–water partition coefficient (Wildman–Crippen LogP) is 2.97. The number of carbonyl (C=O) groups excluding carboxylic acids is 1. The van der Waals surface area contributed by atoms with Crippen LogP contribution in [0.3, 0.4) is 0 Å². The van der Waals surface area contributed by atoms with E-state index in [2.05, 4.69) is 13.8 Å². The van der Waals surface area contributed by atoms with E-state index >= 15 is 0 Å². The summed E-state index contributed by atoms with van der Waals surface area (Å²) >= 11 is 0. The van der Waals surface area contributed by atoms with Gasteiger partial charge in [-0.05, 0) is 50.8 Å². The minimum Gasteiger partial charge on any atom is -0.326 e. The quantitative estimate of drug-likeness (QED) is 0.922. The Morgan fingerprint density at radius 1 is 1.20 bits per heavy atom. The largest absolute Gasteiger partial charge is 0.326 e. The second kappa shape index (κ2) is 6.75. The van der Waals surface area contributed by atoms with Crippen LogP contribution in [0.2, 0.25) is 0 Å². The Bertz CT molecular complexity index is 436. The molecule has 4 heteroatoms. The molecule has 0 unspecified atom stereocenters. The minimum atomic E-state index is 0.125. The molecule has 1 aliphatic heterocycles. The molecule has 0 saturated carbocycles. The fourth-order valence-corrected chi connectivity index (χ4v) is 2.66. The van der Waals surface area contributed by atoms with Crippen molar-refractivity contribution >= 4 is 11.7 Å². The summed E-state index contributed by atoms with van der Waals surface area (Å²) in [6, 6.07) is 8.24. The Morgan fingerprint density at radius 2 is 1.80 bits per heavy atom. The molecule has 110 valence electrons. The molecule has 1 aliphatic rings. The molecule has 2 N–H and O–H groups in total. The van der Waals surface area contributed by atoms with Crippen molar-refractivity contribution in [2.75, 3.05) is 18.0 Å². The number of likely N-dealkylation sites (tertiary alicyclic amines) is 1. The third-order valence-corrected chi connectivity index (χ3v) is 3.80. The highest BCUT2D eigenvalue weighted by atomic mass is 16.2. The lowest BCUT2D eigenvalue weighted by Crippen LogP contribution is -2.48. The van der Waals surface area contributed by atoms with Gasteiger partial charge in [-0.1, -0.05) is 12.1 Å². The molecule has 1 saturated heterocycles. The fraction of sp³-hybridized carbons (Fsp3) is 0.562. The molecular weight excluding hydrogens is 250 g/mol. The van der Waals surface area contributed by atoms with Crippen molar-refractivity contribution in [2.45, 2.75) is 45.7 Å². The van der Waals surface area contributed by atoms with E-state index in [9.17, 15) is 4.79 Å². The Hall–Kier alpha value is -1.55. The van der Waals surface area contributed by atoms with E-state index in [1.54, 1.807) is 0 Å². The smallest absolute Gasteiger partial charge is 0.324 e. The van der Waals surface area contributed by atoms with Gasteiger partial charge in [-0.15, -0.1) is 0 Å². The van der Waals surface area contributed by atoms with Crippen molar-refractivity contribution in [3.63, 3.8) is 0 Å². The highest BCUT2D eigenvalue weighted by Crippen LogP contribution is 2.21. The summed E-state index contributed by atoms with van der Waals surface area (Å²) in [6.45, 7) is 6.39. The highest BCUT2D eigenvalue weighted by molar-refractivity contribution is 5.92. The van der Waals surface area contributed by atoms with Gasteiger partial charge >= 0.3 is 6.03 Å². The highest BCUT2D eigenvalue weighted by Gasteiger charge is 2.25. The van der Waals surface area contributed by atoms with Gasteiger partial charge in [0.2, 0.25) is 0 Å². The molecule has 0 aromatic heterocycles. The van der Waals surface area contributed by atoms with Gasteiger partial charge in [0.1, 0.15) is 0 Å². The number of urea groups is 1. The first-order valence-electron chi connectivity index (χ1n) is 7.50. The van der Waals surface area contributed by atoms with Crippen molar-refractivity contribution in [1.29, 1.82) is 0 Å². The van der Waals surface area contributed by atoms with Gasteiger partial charge in [0, 0.05) is 31.4 Å². The third kappa shape index (κ3) is 3.31. The fourth-order valence-electron chi connectivity index (χ4n) is 2.66. The first kappa shape index (κ1) is 14.9. The number of carbonyl (C=O) groups is 1. The Morgan fingerprint density at radius 3 is 2.30 bits per heavy atom.